The smallest absolute Gasteiger partial charge is 0.231 e. The van der Waals surface area contributed by atoms with E-state index in [0.717, 1.165) is 19.5 Å². The summed E-state index contributed by atoms with van der Waals surface area (Å²) in [5, 5.41) is 7.19. The Hall–Kier alpha value is -1.82. The van der Waals surface area contributed by atoms with E-state index in [0.29, 0.717) is 23.3 Å². The third kappa shape index (κ3) is 1.67. The highest BCUT2D eigenvalue weighted by Crippen LogP contribution is 2.22. The van der Waals surface area contributed by atoms with E-state index in [1.54, 1.807) is 12.3 Å². The SMILES string of the molecule is c1cc(-c2noc(C3CCNC3)n2)ncn1. The van der Waals surface area contributed by atoms with Crippen LogP contribution in [0.1, 0.15) is 18.2 Å². The molecule has 1 aliphatic heterocycles. The normalized spacial score (nSPS) is 20.1. The molecule has 1 N–H and O–H groups in total. The maximum Gasteiger partial charge on any atom is 0.231 e. The van der Waals surface area contributed by atoms with Crippen LogP contribution in [-0.4, -0.2) is 33.2 Å². The first kappa shape index (κ1) is 9.41. The highest BCUT2D eigenvalue weighted by atomic mass is 16.5. The molecule has 1 unspecified atom stereocenters. The lowest BCUT2D eigenvalue weighted by atomic mass is 10.1. The van der Waals surface area contributed by atoms with Gasteiger partial charge in [-0.15, -0.1) is 0 Å². The first-order valence-electron chi connectivity index (χ1n) is 5.24. The van der Waals surface area contributed by atoms with Crippen LogP contribution in [0.5, 0.6) is 0 Å². The van der Waals surface area contributed by atoms with Crippen molar-refractivity contribution in [3.63, 3.8) is 0 Å². The third-order valence-electron chi connectivity index (χ3n) is 2.66. The first-order valence-corrected chi connectivity index (χ1v) is 5.24. The number of aromatic nitrogens is 4. The fraction of sp³-hybridized carbons (Fsp3) is 0.400. The van der Waals surface area contributed by atoms with Crippen molar-refractivity contribution in [1.29, 1.82) is 0 Å². The molecule has 1 saturated heterocycles. The van der Waals surface area contributed by atoms with Crippen LogP contribution in [0.4, 0.5) is 0 Å². The quantitative estimate of drug-likeness (QED) is 0.793. The zero-order valence-corrected chi connectivity index (χ0v) is 8.63. The average Bonchev–Trinajstić information content (AvgIpc) is 3.01. The molecule has 0 aromatic carbocycles. The van der Waals surface area contributed by atoms with Crippen LogP contribution in [-0.2, 0) is 0 Å². The molecule has 2 aromatic heterocycles. The van der Waals surface area contributed by atoms with Gasteiger partial charge in [0.1, 0.15) is 12.0 Å². The monoisotopic (exact) mass is 217 g/mol. The molecule has 3 rings (SSSR count). The van der Waals surface area contributed by atoms with Crippen molar-refractivity contribution in [3.05, 3.63) is 24.5 Å². The van der Waals surface area contributed by atoms with E-state index in [-0.39, 0.29) is 0 Å². The Bertz CT molecular complexity index is 463. The molecule has 1 fully saturated rings. The van der Waals surface area contributed by atoms with Crippen LogP contribution in [0.15, 0.2) is 23.1 Å². The molecule has 1 atom stereocenters. The topological polar surface area (TPSA) is 76.7 Å². The summed E-state index contributed by atoms with van der Waals surface area (Å²) in [4.78, 5) is 12.3. The van der Waals surface area contributed by atoms with E-state index in [2.05, 4.69) is 25.4 Å². The highest BCUT2D eigenvalue weighted by Gasteiger charge is 2.23. The van der Waals surface area contributed by atoms with Gasteiger partial charge in [-0.1, -0.05) is 5.16 Å². The van der Waals surface area contributed by atoms with E-state index in [1.165, 1.54) is 6.33 Å². The predicted molar refractivity (Wildman–Crippen MR) is 55.6 cm³/mol. The summed E-state index contributed by atoms with van der Waals surface area (Å²) in [5.41, 5.74) is 0.691. The van der Waals surface area contributed by atoms with Crippen molar-refractivity contribution in [3.8, 4) is 11.5 Å². The van der Waals surface area contributed by atoms with Crippen molar-refractivity contribution < 1.29 is 4.52 Å². The number of hydrogen-bond acceptors (Lipinski definition) is 6. The van der Waals surface area contributed by atoms with Crippen LogP contribution in [0, 0.1) is 0 Å². The third-order valence-corrected chi connectivity index (χ3v) is 2.66. The molecule has 1 aliphatic rings. The van der Waals surface area contributed by atoms with Crippen molar-refractivity contribution >= 4 is 0 Å². The lowest BCUT2D eigenvalue weighted by Gasteiger charge is -1.98. The molecule has 0 bridgehead atoms. The molecule has 0 amide bonds. The molecular formula is C10H11N5O. The van der Waals surface area contributed by atoms with E-state index in [4.69, 9.17) is 4.52 Å². The van der Waals surface area contributed by atoms with Gasteiger partial charge >= 0.3 is 0 Å². The lowest BCUT2D eigenvalue weighted by Crippen LogP contribution is -2.08. The van der Waals surface area contributed by atoms with Gasteiger partial charge in [-0.3, -0.25) is 0 Å². The van der Waals surface area contributed by atoms with Gasteiger partial charge in [-0.05, 0) is 19.0 Å². The predicted octanol–water partition coefficient (Wildman–Crippen LogP) is 0.603. The zero-order chi connectivity index (χ0) is 10.8. The molecule has 82 valence electrons. The van der Waals surface area contributed by atoms with Gasteiger partial charge < -0.3 is 9.84 Å². The van der Waals surface area contributed by atoms with Crippen molar-refractivity contribution in [2.24, 2.45) is 0 Å². The highest BCUT2D eigenvalue weighted by molar-refractivity contribution is 5.46. The average molecular weight is 217 g/mol. The van der Waals surface area contributed by atoms with Crippen molar-refractivity contribution in [2.45, 2.75) is 12.3 Å². The van der Waals surface area contributed by atoms with Crippen LogP contribution < -0.4 is 5.32 Å². The molecule has 0 radical (unpaired) electrons. The van der Waals surface area contributed by atoms with Crippen molar-refractivity contribution in [2.75, 3.05) is 13.1 Å². The van der Waals surface area contributed by atoms with E-state index >= 15 is 0 Å². The minimum absolute atomic E-state index is 0.336. The molecular weight excluding hydrogens is 206 g/mol. The summed E-state index contributed by atoms with van der Waals surface area (Å²) in [5.74, 6) is 1.56. The number of hydrogen-bond donors (Lipinski definition) is 1. The summed E-state index contributed by atoms with van der Waals surface area (Å²) in [7, 11) is 0. The lowest BCUT2D eigenvalue weighted by molar-refractivity contribution is 0.359. The standard InChI is InChI=1S/C10H11N5O/c1-3-11-5-7(1)10-14-9(15-16-10)8-2-4-12-6-13-8/h2,4,6-7,11H,1,3,5H2. The van der Waals surface area contributed by atoms with E-state index < -0.39 is 0 Å². The molecule has 0 saturated carbocycles. The maximum absolute atomic E-state index is 5.24. The molecule has 3 heterocycles. The van der Waals surface area contributed by atoms with Gasteiger partial charge in [0.2, 0.25) is 11.7 Å². The van der Waals surface area contributed by atoms with Gasteiger partial charge in [0.15, 0.2) is 0 Å². The molecule has 6 nitrogen and oxygen atoms in total. The molecule has 2 aromatic rings. The van der Waals surface area contributed by atoms with Crippen LogP contribution >= 0.6 is 0 Å². The molecule has 16 heavy (non-hydrogen) atoms. The largest absolute Gasteiger partial charge is 0.339 e. The van der Waals surface area contributed by atoms with Gasteiger partial charge in [0.05, 0.1) is 5.92 Å². The summed E-state index contributed by atoms with van der Waals surface area (Å²) in [6, 6.07) is 1.77. The number of rotatable bonds is 2. The Morgan fingerprint density at radius 3 is 3.19 bits per heavy atom. The Kier molecular flexibility index (Phi) is 2.34. The van der Waals surface area contributed by atoms with E-state index in [1.807, 2.05) is 0 Å². The van der Waals surface area contributed by atoms with Gasteiger partial charge in [-0.2, -0.15) is 4.98 Å². The summed E-state index contributed by atoms with van der Waals surface area (Å²) in [6.45, 7) is 1.92. The van der Waals surface area contributed by atoms with Gasteiger partial charge in [0.25, 0.3) is 0 Å². The molecule has 0 spiro atoms. The molecule has 0 aliphatic carbocycles. The maximum atomic E-state index is 5.24. The Morgan fingerprint density at radius 2 is 2.44 bits per heavy atom. The zero-order valence-electron chi connectivity index (χ0n) is 8.63. The van der Waals surface area contributed by atoms with E-state index in [9.17, 15) is 0 Å². The van der Waals surface area contributed by atoms with Crippen molar-refractivity contribution in [1.82, 2.24) is 25.4 Å². The second kappa shape index (κ2) is 3.97. The van der Waals surface area contributed by atoms with Gasteiger partial charge in [-0.25, -0.2) is 9.97 Å². The van der Waals surface area contributed by atoms with Crippen LogP contribution in [0.25, 0.3) is 11.5 Å². The summed E-state index contributed by atoms with van der Waals surface area (Å²) in [6.07, 6.45) is 4.18. The number of nitrogens with zero attached hydrogens (tertiary/aromatic N) is 4. The summed E-state index contributed by atoms with van der Waals surface area (Å²) >= 11 is 0. The van der Waals surface area contributed by atoms with Gasteiger partial charge in [0, 0.05) is 12.7 Å². The van der Waals surface area contributed by atoms with Crippen LogP contribution in [0.3, 0.4) is 0 Å². The second-order valence-electron chi connectivity index (χ2n) is 3.74. The Morgan fingerprint density at radius 1 is 1.44 bits per heavy atom. The fourth-order valence-electron chi connectivity index (χ4n) is 1.79. The minimum Gasteiger partial charge on any atom is -0.339 e. The Balaban J connectivity index is 1.87. The fourth-order valence-corrected chi connectivity index (χ4v) is 1.79. The Labute approximate surface area is 92.1 Å². The second-order valence-corrected chi connectivity index (χ2v) is 3.74. The number of nitrogens with one attached hydrogen (secondary N) is 1. The first-order chi connectivity index (χ1) is 7.93. The minimum atomic E-state index is 0.336. The summed E-state index contributed by atoms with van der Waals surface area (Å²) < 4.78 is 5.24. The molecule has 6 heteroatoms. The van der Waals surface area contributed by atoms with Crippen LogP contribution in [0.2, 0.25) is 0 Å².